The SMILES string of the molecule is c1ccc(-c2c3ccccc3c(-c3ccccc3)c3cc(-c4ccc(N(c5ccccc5)c5ccc(N(c6ccccc6)c6ccccc6)c6ccccc56)cc4)ccc23)cc1. The van der Waals surface area contributed by atoms with Crippen molar-refractivity contribution in [2.45, 2.75) is 0 Å². The Morgan fingerprint density at radius 1 is 0.194 bits per heavy atom. The molecule has 0 aliphatic rings. The van der Waals surface area contributed by atoms with Gasteiger partial charge in [0.15, 0.2) is 0 Å². The Morgan fingerprint density at radius 2 is 0.516 bits per heavy atom. The molecule has 0 spiro atoms. The zero-order chi connectivity index (χ0) is 41.2. The molecule has 0 bridgehead atoms. The largest absolute Gasteiger partial charge is 0.310 e. The van der Waals surface area contributed by atoms with Gasteiger partial charge >= 0.3 is 0 Å². The van der Waals surface area contributed by atoms with E-state index in [2.05, 4.69) is 265 Å². The molecule has 0 radical (unpaired) electrons. The fourth-order valence-corrected chi connectivity index (χ4v) is 9.24. The van der Waals surface area contributed by atoms with Crippen LogP contribution in [0.25, 0.3) is 65.7 Å². The lowest BCUT2D eigenvalue weighted by Gasteiger charge is -2.30. The van der Waals surface area contributed by atoms with Crippen molar-refractivity contribution < 1.29 is 0 Å². The van der Waals surface area contributed by atoms with E-state index in [0.29, 0.717) is 0 Å². The van der Waals surface area contributed by atoms with Crippen molar-refractivity contribution in [1.29, 1.82) is 0 Å². The first-order chi connectivity index (χ1) is 30.8. The summed E-state index contributed by atoms with van der Waals surface area (Å²) in [6.07, 6.45) is 0. The van der Waals surface area contributed by atoms with Crippen molar-refractivity contribution in [2.24, 2.45) is 0 Å². The predicted molar refractivity (Wildman–Crippen MR) is 265 cm³/mol. The minimum absolute atomic E-state index is 1.09. The Kier molecular flexibility index (Phi) is 9.57. The predicted octanol–water partition coefficient (Wildman–Crippen LogP) is 17.1. The highest BCUT2D eigenvalue weighted by atomic mass is 15.2. The van der Waals surface area contributed by atoms with Crippen LogP contribution < -0.4 is 9.80 Å². The van der Waals surface area contributed by atoms with Gasteiger partial charge in [-0.2, -0.15) is 0 Å². The van der Waals surface area contributed by atoms with Crippen LogP contribution in [0, 0.1) is 0 Å². The Hall–Kier alpha value is -8.20. The van der Waals surface area contributed by atoms with Crippen molar-refractivity contribution in [3.63, 3.8) is 0 Å². The molecular weight excluding hydrogens is 749 g/mol. The molecule has 0 saturated heterocycles. The number of hydrogen-bond donors (Lipinski definition) is 0. The number of para-hydroxylation sites is 3. The first kappa shape index (κ1) is 36.8. The second kappa shape index (κ2) is 16.1. The molecule has 0 N–H and O–H groups in total. The first-order valence-corrected chi connectivity index (χ1v) is 21.3. The number of fused-ring (bicyclic) bond motifs is 3. The summed E-state index contributed by atoms with van der Waals surface area (Å²) in [5.74, 6) is 0. The molecule has 11 rings (SSSR count). The second-order valence-corrected chi connectivity index (χ2v) is 15.7. The first-order valence-electron chi connectivity index (χ1n) is 21.3. The number of nitrogens with zero attached hydrogens (tertiary/aromatic N) is 2. The zero-order valence-electron chi connectivity index (χ0n) is 34.1. The quantitative estimate of drug-likeness (QED) is 0.134. The molecule has 0 fully saturated rings. The van der Waals surface area contributed by atoms with E-state index in [-0.39, 0.29) is 0 Å². The van der Waals surface area contributed by atoms with Crippen LogP contribution in [0.1, 0.15) is 0 Å². The number of anilines is 6. The summed E-state index contributed by atoms with van der Waals surface area (Å²) >= 11 is 0. The summed E-state index contributed by atoms with van der Waals surface area (Å²) in [4.78, 5) is 4.74. The van der Waals surface area contributed by atoms with Gasteiger partial charge in [0.1, 0.15) is 0 Å². The fraction of sp³-hybridized carbons (Fsp3) is 0. The summed E-state index contributed by atoms with van der Waals surface area (Å²) in [5, 5.41) is 7.34. The molecule has 292 valence electrons. The van der Waals surface area contributed by atoms with Crippen LogP contribution >= 0.6 is 0 Å². The molecule has 0 amide bonds. The van der Waals surface area contributed by atoms with Gasteiger partial charge in [-0.1, -0.05) is 188 Å². The molecule has 0 saturated carbocycles. The van der Waals surface area contributed by atoms with Gasteiger partial charge in [0.05, 0.1) is 11.4 Å². The molecule has 0 aliphatic heterocycles. The summed E-state index contributed by atoms with van der Waals surface area (Å²) in [7, 11) is 0. The third kappa shape index (κ3) is 6.65. The van der Waals surface area contributed by atoms with Gasteiger partial charge < -0.3 is 9.80 Å². The normalized spacial score (nSPS) is 11.2. The van der Waals surface area contributed by atoms with Gasteiger partial charge in [-0.3, -0.25) is 0 Å². The van der Waals surface area contributed by atoms with Crippen molar-refractivity contribution in [3.8, 4) is 33.4 Å². The van der Waals surface area contributed by atoms with Gasteiger partial charge in [0.25, 0.3) is 0 Å². The highest BCUT2D eigenvalue weighted by molar-refractivity contribution is 6.22. The molecule has 0 atom stereocenters. The molecule has 2 nitrogen and oxygen atoms in total. The van der Waals surface area contributed by atoms with Gasteiger partial charge in [-0.15, -0.1) is 0 Å². The smallest absolute Gasteiger partial charge is 0.0541 e. The Morgan fingerprint density at radius 3 is 0.952 bits per heavy atom. The van der Waals surface area contributed by atoms with E-state index in [1.807, 2.05) is 0 Å². The van der Waals surface area contributed by atoms with Gasteiger partial charge in [-0.05, 0) is 122 Å². The maximum Gasteiger partial charge on any atom is 0.0541 e. The van der Waals surface area contributed by atoms with E-state index in [1.165, 1.54) is 65.7 Å². The third-order valence-corrected chi connectivity index (χ3v) is 12.0. The fourth-order valence-electron chi connectivity index (χ4n) is 9.24. The maximum absolute atomic E-state index is 2.40. The highest BCUT2D eigenvalue weighted by Gasteiger charge is 2.21. The van der Waals surface area contributed by atoms with E-state index in [4.69, 9.17) is 0 Å². The lowest BCUT2D eigenvalue weighted by atomic mass is 9.85. The Bertz CT molecular complexity index is 3270. The molecule has 11 aromatic rings. The topological polar surface area (TPSA) is 6.48 Å². The average Bonchev–Trinajstić information content (AvgIpc) is 3.35. The minimum Gasteiger partial charge on any atom is -0.310 e. The summed E-state index contributed by atoms with van der Waals surface area (Å²) in [5.41, 5.74) is 14.0. The molecule has 0 unspecified atom stereocenters. The Balaban J connectivity index is 1.06. The van der Waals surface area contributed by atoms with Crippen LogP contribution in [0.5, 0.6) is 0 Å². The standard InChI is InChI=1S/C60H42N2/c1-6-20-44(21-7-1)59-53-32-18-19-33-54(53)60(45-22-8-2-9-23-45)56-42-46(36-39-55(56)59)43-34-37-50(38-35-43)62(49-28-14-5-15-29-49)58-41-40-57(51-30-16-17-31-52(51)58)61(47-24-10-3-11-25-47)48-26-12-4-13-27-48/h1-42H. The molecule has 2 heteroatoms. The lowest BCUT2D eigenvalue weighted by Crippen LogP contribution is -2.13. The van der Waals surface area contributed by atoms with E-state index >= 15 is 0 Å². The van der Waals surface area contributed by atoms with Crippen molar-refractivity contribution >= 4 is 66.4 Å². The average molecular weight is 791 g/mol. The number of benzene rings is 11. The molecule has 0 aromatic heterocycles. The third-order valence-electron chi connectivity index (χ3n) is 12.0. The van der Waals surface area contributed by atoms with Crippen molar-refractivity contribution in [1.82, 2.24) is 0 Å². The van der Waals surface area contributed by atoms with Crippen LogP contribution in [-0.2, 0) is 0 Å². The molecule has 0 aliphatic carbocycles. The van der Waals surface area contributed by atoms with Crippen LogP contribution in [0.3, 0.4) is 0 Å². The van der Waals surface area contributed by atoms with Crippen molar-refractivity contribution in [2.75, 3.05) is 9.80 Å². The second-order valence-electron chi connectivity index (χ2n) is 15.7. The van der Waals surface area contributed by atoms with Crippen molar-refractivity contribution in [3.05, 3.63) is 255 Å². The molecule has 11 aromatic carbocycles. The van der Waals surface area contributed by atoms with E-state index in [0.717, 1.165) is 34.1 Å². The van der Waals surface area contributed by atoms with Crippen LogP contribution in [0.2, 0.25) is 0 Å². The van der Waals surface area contributed by atoms with Gasteiger partial charge in [0.2, 0.25) is 0 Å². The highest BCUT2D eigenvalue weighted by Crippen LogP contribution is 2.47. The number of hydrogen-bond acceptors (Lipinski definition) is 2. The van der Waals surface area contributed by atoms with E-state index in [1.54, 1.807) is 0 Å². The van der Waals surface area contributed by atoms with Gasteiger partial charge in [0, 0.05) is 33.5 Å². The van der Waals surface area contributed by atoms with Gasteiger partial charge in [-0.25, -0.2) is 0 Å². The monoisotopic (exact) mass is 790 g/mol. The maximum atomic E-state index is 2.40. The van der Waals surface area contributed by atoms with Crippen LogP contribution in [0.4, 0.5) is 34.1 Å². The summed E-state index contributed by atoms with van der Waals surface area (Å²) < 4.78 is 0. The summed E-state index contributed by atoms with van der Waals surface area (Å²) in [6.45, 7) is 0. The Labute approximate surface area is 362 Å². The molecule has 0 heterocycles. The van der Waals surface area contributed by atoms with E-state index < -0.39 is 0 Å². The molecule has 62 heavy (non-hydrogen) atoms. The zero-order valence-corrected chi connectivity index (χ0v) is 34.1. The minimum atomic E-state index is 1.09. The lowest BCUT2D eigenvalue weighted by molar-refractivity contribution is 1.28. The van der Waals surface area contributed by atoms with E-state index in [9.17, 15) is 0 Å². The van der Waals surface area contributed by atoms with Crippen LogP contribution in [0.15, 0.2) is 255 Å². The molecular formula is C60H42N2. The summed E-state index contributed by atoms with van der Waals surface area (Å²) in [6, 6.07) is 92.0. The van der Waals surface area contributed by atoms with Crippen LogP contribution in [-0.4, -0.2) is 0 Å². The number of rotatable bonds is 9.